The maximum Gasteiger partial charge on any atom is 0.187 e. The molecule has 1 aliphatic carbocycles. The number of aromatic nitrogens is 2. The van der Waals surface area contributed by atoms with Crippen LogP contribution in [0.2, 0.25) is 0 Å². The molecule has 0 amide bonds. The lowest BCUT2D eigenvalue weighted by atomic mass is 10.1. The molecule has 3 rings (SSSR count). The summed E-state index contributed by atoms with van der Waals surface area (Å²) in [5.41, 5.74) is 3.95. The van der Waals surface area contributed by atoms with Gasteiger partial charge in [-0.1, -0.05) is 18.2 Å². The summed E-state index contributed by atoms with van der Waals surface area (Å²) < 4.78 is 0. The molecule has 3 heteroatoms. The number of para-hydroxylation sites is 1. The molecule has 1 heterocycles. The minimum Gasteiger partial charge on any atom is -0.292 e. The Labute approximate surface area is 92.8 Å². The van der Waals surface area contributed by atoms with Gasteiger partial charge < -0.3 is 0 Å². The number of benzene rings is 1. The normalized spacial score (nSPS) is 14.2. The van der Waals surface area contributed by atoms with E-state index in [9.17, 15) is 4.79 Å². The summed E-state index contributed by atoms with van der Waals surface area (Å²) in [6, 6.07) is 5.82. The second kappa shape index (κ2) is 3.23. The van der Waals surface area contributed by atoms with Gasteiger partial charge in [-0.05, 0) is 24.6 Å². The zero-order chi connectivity index (χ0) is 11.1. The van der Waals surface area contributed by atoms with Crippen LogP contribution in [0.3, 0.4) is 0 Å². The fourth-order valence-corrected chi connectivity index (χ4v) is 1.93. The van der Waals surface area contributed by atoms with Gasteiger partial charge in [0.1, 0.15) is 5.69 Å². The van der Waals surface area contributed by atoms with E-state index in [4.69, 9.17) is 0 Å². The Kier molecular flexibility index (Phi) is 1.86. The highest BCUT2D eigenvalue weighted by Crippen LogP contribution is 2.21. The third kappa shape index (κ3) is 1.25. The van der Waals surface area contributed by atoms with Crippen molar-refractivity contribution in [2.75, 3.05) is 0 Å². The Hall–Kier alpha value is -2.03. The first-order chi connectivity index (χ1) is 7.75. The largest absolute Gasteiger partial charge is 0.292 e. The summed E-state index contributed by atoms with van der Waals surface area (Å²) in [5.74, 6) is 0.0495. The van der Waals surface area contributed by atoms with Crippen LogP contribution in [0, 0.1) is 6.92 Å². The Morgan fingerprint density at radius 2 is 2.12 bits per heavy atom. The van der Waals surface area contributed by atoms with E-state index in [-0.39, 0.29) is 5.78 Å². The van der Waals surface area contributed by atoms with E-state index in [1.807, 2.05) is 37.3 Å². The van der Waals surface area contributed by atoms with Crippen molar-refractivity contribution in [2.24, 2.45) is 0 Å². The maximum atomic E-state index is 11.7. The van der Waals surface area contributed by atoms with Gasteiger partial charge in [-0.3, -0.25) is 4.79 Å². The first-order valence-electron chi connectivity index (χ1n) is 5.23. The number of rotatable bonds is 0. The molecule has 1 aromatic heterocycles. The minimum absolute atomic E-state index is 0.0495. The van der Waals surface area contributed by atoms with E-state index >= 15 is 0 Å². The summed E-state index contributed by atoms with van der Waals surface area (Å²) >= 11 is 0. The number of hydrogen-bond donors (Lipinski definition) is 0. The zero-order valence-corrected chi connectivity index (χ0v) is 8.90. The van der Waals surface area contributed by atoms with Gasteiger partial charge in [0, 0.05) is 6.42 Å². The van der Waals surface area contributed by atoms with Gasteiger partial charge in [-0.2, -0.15) is 0 Å². The second-order valence-electron chi connectivity index (χ2n) is 3.93. The van der Waals surface area contributed by atoms with Crippen LogP contribution in [0.4, 0.5) is 0 Å². The maximum absolute atomic E-state index is 11.7. The number of carbonyl (C=O) groups excluding carboxylic acids is 1. The van der Waals surface area contributed by atoms with Gasteiger partial charge in [0.15, 0.2) is 5.78 Å². The molecule has 0 saturated heterocycles. The van der Waals surface area contributed by atoms with Crippen LogP contribution in [0.25, 0.3) is 17.1 Å². The van der Waals surface area contributed by atoms with Crippen molar-refractivity contribution in [3.63, 3.8) is 0 Å². The lowest BCUT2D eigenvalue weighted by molar-refractivity contribution is 0.0989. The van der Waals surface area contributed by atoms with Crippen molar-refractivity contribution in [1.82, 2.24) is 9.97 Å². The Morgan fingerprint density at radius 1 is 1.25 bits per heavy atom. The van der Waals surface area contributed by atoms with Crippen molar-refractivity contribution in [2.45, 2.75) is 13.3 Å². The first-order valence-corrected chi connectivity index (χ1v) is 5.23. The third-order valence-corrected chi connectivity index (χ3v) is 2.77. The fraction of sp³-hybridized carbons (Fsp3) is 0.154. The van der Waals surface area contributed by atoms with Crippen LogP contribution < -0.4 is 0 Å². The molecule has 0 saturated carbocycles. The monoisotopic (exact) mass is 210 g/mol. The van der Waals surface area contributed by atoms with Crippen LogP contribution in [-0.4, -0.2) is 15.8 Å². The second-order valence-corrected chi connectivity index (χ2v) is 3.93. The topological polar surface area (TPSA) is 42.9 Å². The minimum atomic E-state index is 0.0495. The molecule has 0 bridgehead atoms. The van der Waals surface area contributed by atoms with E-state index < -0.39 is 0 Å². The lowest BCUT2D eigenvalue weighted by Gasteiger charge is -2.09. The molecule has 3 nitrogen and oxygen atoms in total. The van der Waals surface area contributed by atoms with E-state index in [0.29, 0.717) is 17.8 Å². The first kappa shape index (κ1) is 9.21. The predicted octanol–water partition coefficient (Wildman–Crippen LogP) is 2.54. The van der Waals surface area contributed by atoms with Crippen LogP contribution in [-0.2, 0) is 0 Å². The molecular formula is C13H10N2O. The van der Waals surface area contributed by atoms with Gasteiger partial charge in [0.05, 0.1) is 16.7 Å². The highest BCUT2D eigenvalue weighted by Gasteiger charge is 2.17. The molecule has 0 unspecified atom stereocenters. The zero-order valence-electron chi connectivity index (χ0n) is 8.90. The quantitative estimate of drug-likeness (QED) is 0.671. The number of allylic oxidation sites excluding steroid dienone is 1. The highest BCUT2D eigenvalue weighted by atomic mass is 16.1. The molecule has 0 radical (unpaired) electrons. The summed E-state index contributed by atoms with van der Waals surface area (Å²) in [5, 5.41) is 0. The van der Waals surface area contributed by atoms with E-state index in [1.165, 1.54) is 0 Å². The lowest BCUT2D eigenvalue weighted by Crippen LogP contribution is -2.09. The van der Waals surface area contributed by atoms with Crippen molar-refractivity contribution < 1.29 is 4.79 Å². The Morgan fingerprint density at radius 3 is 3.00 bits per heavy atom. The van der Waals surface area contributed by atoms with Crippen molar-refractivity contribution in [1.29, 1.82) is 0 Å². The van der Waals surface area contributed by atoms with E-state index in [0.717, 1.165) is 16.6 Å². The third-order valence-electron chi connectivity index (χ3n) is 2.77. The van der Waals surface area contributed by atoms with Crippen molar-refractivity contribution in [3.05, 3.63) is 41.2 Å². The Bertz CT molecular complexity index is 629. The summed E-state index contributed by atoms with van der Waals surface area (Å²) in [6.07, 6.45) is 4.14. The van der Waals surface area contributed by atoms with Gasteiger partial charge in [0.25, 0.3) is 0 Å². The SMILES string of the molecule is Cc1cccc2nc3c(nc12)C=CCC3=O. The number of hydrogen-bond acceptors (Lipinski definition) is 3. The van der Waals surface area contributed by atoms with Gasteiger partial charge in [-0.15, -0.1) is 0 Å². The summed E-state index contributed by atoms with van der Waals surface area (Å²) in [7, 11) is 0. The van der Waals surface area contributed by atoms with Crippen LogP contribution in [0.5, 0.6) is 0 Å². The molecule has 2 aromatic rings. The van der Waals surface area contributed by atoms with E-state index in [2.05, 4.69) is 9.97 Å². The van der Waals surface area contributed by atoms with Crippen LogP contribution in [0.15, 0.2) is 24.3 Å². The molecule has 0 spiro atoms. The average molecular weight is 210 g/mol. The molecule has 0 aliphatic heterocycles. The molecule has 78 valence electrons. The fourth-order valence-electron chi connectivity index (χ4n) is 1.93. The van der Waals surface area contributed by atoms with E-state index in [1.54, 1.807) is 0 Å². The molecular weight excluding hydrogens is 200 g/mol. The highest BCUT2D eigenvalue weighted by molar-refractivity contribution is 6.02. The van der Waals surface area contributed by atoms with Gasteiger partial charge in [0.2, 0.25) is 0 Å². The smallest absolute Gasteiger partial charge is 0.187 e. The number of nitrogens with zero attached hydrogens (tertiary/aromatic N) is 2. The van der Waals surface area contributed by atoms with Crippen LogP contribution >= 0.6 is 0 Å². The molecule has 1 aromatic carbocycles. The van der Waals surface area contributed by atoms with Crippen molar-refractivity contribution in [3.8, 4) is 0 Å². The number of ketones is 1. The number of aryl methyl sites for hydroxylation is 1. The summed E-state index contributed by atoms with van der Waals surface area (Å²) in [4.78, 5) is 20.6. The summed E-state index contributed by atoms with van der Waals surface area (Å²) in [6.45, 7) is 2.00. The average Bonchev–Trinajstić information content (AvgIpc) is 2.29. The number of carbonyl (C=O) groups is 1. The molecule has 0 atom stereocenters. The van der Waals surface area contributed by atoms with Gasteiger partial charge >= 0.3 is 0 Å². The molecule has 0 fully saturated rings. The standard InChI is InChI=1S/C13H10N2O/c1-8-4-2-5-9-12(8)14-10-6-3-7-11(16)13(10)15-9/h2-6H,7H2,1H3. The predicted molar refractivity (Wildman–Crippen MR) is 62.3 cm³/mol. The van der Waals surface area contributed by atoms with Crippen LogP contribution in [0.1, 0.15) is 28.2 Å². The number of fused-ring (bicyclic) bond motifs is 2. The Balaban J connectivity index is 2.40. The molecule has 1 aliphatic rings. The van der Waals surface area contributed by atoms with Gasteiger partial charge in [-0.25, -0.2) is 9.97 Å². The molecule has 16 heavy (non-hydrogen) atoms. The van der Waals surface area contributed by atoms with Crippen molar-refractivity contribution >= 4 is 22.9 Å². The molecule has 0 N–H and O–H groups in total. The number of Topliss-reactive ketones (excluding diaryl/α,β-unsaturated/α-hetero) is 1.